The average Bonchev–Trinajstić information content (AvgIpc) is 3.41. The molecule has 0 radical (unpaired) electrons. The molecule has 6 nitrogen and oxygen atoms in total. The highest BCUT2D eigenvalue weighted by molar-refractivity contribution is 6.33. The number of anilines is 2. The molecule has 2 heterocycles. The number of halogens is 2. The number of nitrogens with one attached hydrogen (secondary N) is 1. The van der Waals surface area contributed by atoms with Gasteiger partial charge in [-0.1, -0.05) is 35.9 Å². The monoisotopic (exact) mass is 529 g/mol. The van der Waals surface area contributed by atoms with E-state index in [1.807, 2.05) is 48.5 Å². The first kappa shape index (κ1) is 25.3. The number of rotatable bonds is 6. The number of carbonyl (C=O) groups excluding carboxylic acids is 2. The highest BCUT2D eigenvalue weighted by atomic mass is 35.5. The summed E-state index contributed by atoms with van der Waals surface area (Å²) in [5, 5.41) is 3.43. The molecule has 0 bridgehead atoms. The van der Waals surface area contributed by atoms with Crippen LogP contribution in [-0.4, -0.2) is 42.9 Å². The van der Waals surface area contributed by atoms with Crippen LogP contribution in [0.4, 0.5) is 15.8 Å². The second-order valence-electron chi connectivity index (χ2n) is 8.81. The molecule has 2 amide bonds. The van der Waals surface area contributed by atoms with Crippen LogP contribution in [0.3, 0.4) is 0 Å². The zero-order valence-corrected chi connectivity index (χ0v) is 21.2. The summed E-state index contributed by atoms with van der Waals surface area (Å²) in [6.45, 7) is 2.27. The van der Waals surface area contributed by atoms with Crippen molar-refractivity contribution in [2.75, 3.05) is 36.4 Å². The van der Waals surface area contributed by atoms with Gasteiger partial charge in [-0.2, -0.15) is 0 Å². The number of hydrogen-bond acceptors (Lipinski definition) is 4. The van der Waals surface area contributed by atoms with Crippen LogP contribution in [-0.2, 0) is 4.79 Å². The molecule has 5 rings (SSSR count). The fourth-order valence-corrected chi connectivity index (χ4v) is 4.55. The Kier molecular flexibility index (Phi) is 7.56. The Morgan fingerprint density at radius 1 is 0.868 bits per heavy atom. The molecule has 0 spiro atoms. The van der Waals surface area contributed by atoms with Crippen LogP contribution in [0.2, 0.25) is 5.02 Å². The van der Waals surface area contributed by atoms with Crippen molar-refractivity contribution in [3.05, 3.63) is 113 Å². The van der Waals surface area contributed by atoms with Gasteiger partial charge in [0.15, 0.2) is 0 Å². The van der Waals surface area contributed by atoms with Crippen LogP contribution in [0.5, 0.6) is 0 Å². The predicted molar refractivity (Wildman–Crippen MR) is 148 cm³/mol. The number of carbonyl (C=O) groups is 2. The highest BCUT2D eigenvalue weighted by Crippen LogP contribution is 2.29. The Balaban J connectivity index is 1.13. The number of benzene rings is 3. The van der Waals surface area contributed by atoms with E-state index in [2.05, 4.69) is 10.2 Å². The number of furan rings is 1. The van der Waals surface area contributed by atoms with Crippen LogP contribution in [0.1, 0.15) is 16.1 Å². The van der Waals surface area contributed by atoms with E-state index in [1.54, 1.807) is 35.2 Å². The van der Waals surface area contributed by atoms with Crippen molar-refractivity contribution >= 4 is 40.9 Å². The molecule has 1 aliphatic rings. The summed E-state index contributed by atoms with van der Waals surface area (Å²) in [6.07, 6.45) is 3.01. The van der Waals surface area contributed by atoms with E-state index in [1.165, 1.54) is 18.2 Å². The third-order valence-corrected chi connectivity index (χ3v) is 6.67. The lowest BCUT2D eigenvalue weighted by Crippen LogP contribution is -2.49. The fourth-order valence-electron chi connectivity index (χ4n) is 4.32. The molecule has 1 aromatic heterocycles. The van der Waals surface area contributed by atoms with Crippen molar-refractivity contribution in [2.24, 2.45) is 0 Å². The van der Waals surface area contributed by atoms with Gasteiger partial charge < -0.3 is 19.5 Å². The second-order valence-corrected chi connectivity index (χ2v) is 9.22. The zero-order chi connectivity index (χ0) is 26.5. The summed E-state index contributed by atoms with van der Waals surface area (Å²) >= 11 is 6.22. The number of piperazine rings is 1. The van der Waals surface area contributed by atoms with Gasteiger partial charge in [0, 0.05) is 49.2 Å². The number of nitrogens with zero attached hydrogens (tertiary/aromatic N) is 2. The Bertz CT molecular complexity index is 1470. The molecule has 0 unspecified atom stereocenters. The van der Waals surface area contributed by atoms with Crippen molar-refractivity contribution in [3.8, 4) is 11.3 Å². The molecule has 1 saturated heterocycles. The first-order valence-electron chi connectivity index (χ1n) is 12.2. The Morgan fingerprint density at radius 3 is 2.32 bits per heavy atom. The molecule has 3 aromatic carbocycles. The van der Waals surface area contributed by atoms with Crippen LogP contribution < -0.4 is 10.2 Å². The first-order valence-corrected chi connectivity index (χ1v) is 12.6. The molecular weight excluding hydrogens is 505 g/mol. The van der Waals surface area contributed by atoms with Gasteiger partial charge in [-0.05, 0) is 66.7 Å². The van der Waals surface area contributed by atoms with E-state index in [-0.39, 0.29) is 17.4 Å². The Labute approximate surface area is 224 Å². The summed E-state index contributed by atoms with van der Waals surface area (Å²) in [5.41, 5.74) is 2.53. The Hall–Kier alpha value is -4.36. The summed E-state index contributed by atoms with van der Waals surface area (Å²) in [6, 6.07) is 24.6. The minimum Gasteiger partial charge on any atom is -0.457 e. The van der Waals surface area contributed by atoms with Gasteiger partial charge in [0.2, 0.25) is 5.91 Å². The molecule has 8 heteroatoms. The minimum atomic E-state index is -0.501. The number of hydrogen-bond donors (Lipinski definition) is 1. The van der Waals surface area contributed by atoms with Gasteiger partial charge >= 0.3 is 0 Å². The van der Waals surface area contributed by atoms with Crippen LogP contribution in [0, 0.1) is 5.82 Å². The van der Waals surface area contributed by atoms with Crippen molar-refractivity contribution in [1.29, 1.82) is 0 Å². The van der Waals surface area contributed by atoms with Gasteiger partial charge in [0.1, 0.15) is 17.3 Å². The normalized spacial score (nSPS) is 13.6. The van der Waals surface area contributed by atoms with E-state index < -0.39 is 5.82 Å². The van der Waals surface area contributed by atoms with E-state index in [0.29, 0.717) is 48.4 Å². The predicted octanol–water partition coefficient (Wildman–Crippen LogP) is 6.35. The first-order chi connectivity index (χ1) is 18.5. The zero-order valence-electron chi connectivity index (χ0n) is 20.4. The highest BCUT2D eigenvalue weighted by Gasteiger charge is 2.24. The van der Waals surface area contributed by atoms with Crippen molar-refractivity contribution in [3.63, 3.8) is 0 Å². The van der Waals surface area contributed by atoms with E-state index in [4.69, 9.17) is 16.0 Å². The molecule has 1 N–H and O–H groups in total. The quantitative estimate of drug-likeness (QED) is 0.295. The number of amides is 2. The third-order valence-electron chi connectivity index (χ3n) is 6.34. The SMILES string of the molecule is O=C(/C=C/c1ccc(-c2ccccc2Cl)o1)Nc1ccc(N2CCN(C(=O)c3ccccc3F)CC2)cc1. The van der Waals surface area contributed by atoms with Crippen molar-refractivity contribution in [2.45, 2.75) is 0 Å². The molecular formula is C30H25ClFN3O3. The largest absolute Gasteiger partial charge is 0.457 e. The molecule has 0 aliphatic carbocycles. The maximum atomic E-state index is 14.0. The third kappa shape index (κ3) is 5.79. The molecule has 0 atom stereocenters. The maximum absolute atomic E-state index is 14.0. The Morgan fingerprint density at radius 2 is 1.58 bits per heavy atom. The smallest absolute Gasteiger partial charge is 0.256 e. The van der Waals surface area contributed by atoms with E-state index in [0.717, 1.165) is 11.3 Å². The van der Waals surface area contributed by atoms with Gasteiger partial charge in [-0.3, -0.25) is 9.59 Å². The lowest BCUT2D eigenvalue weighted by atomic mass is 10.1. The summed E-state index contributed by atoms with van der Waals surface area (Å²) in [5.74, 6) is 0.0948. The van der Waals surface area contributed by atoms with E-state index in [9.17, 15) is 14.0 Å². The van der Waals surface area contributed by atoms with Crippen molar-refractivity contribution < 1.29 is 18.4 Å². The van der Waals surface area contributed by atoms with Gasteiger partial charge in [-0.25, -0.2) is 4.39 Å². The van der Waals surface area contributed by atoms with Crippen LogP contribution in [0.15, 0.2) is 95.4 Å². The minimum absolute atomic E-state index is 0.100. The summed E-state index contributed by atoms with van der Waals surface area (Å²) in [4.78, 5) is 28.9. The maximum Gasteiger partial charge on any atom is 0.256 e. The summed E-state index contributed by atoms with van der Waals surface area (Å²) < 4.78 is 19.8. The lowest BCUT2D eigenvalue weighted by Gasteiger charge is -2.36. The molecule has 192 valence electrons. The molecule has 38 heavy (non-hydrogen) atoms. The lowest BCUT2D eigenvalue weighted by molar-refractivity contribution is -0.111. The fraction of sp³-hybridized carbons (Fsp3) is 0.133. The van der Waals surface area contributed by atoms with Gasteiger partial charge in [-0.15, -0.1) is 0 Å². The summed E-state index contributed by atoms with van der Waals surface area (Å²) in [7, 11) is 0. The van der Waals surface area contributed by atoms with Gasteiger partial charge in [0.05, 0.1) is 10.6 Å². The molecule has 4 aromatic rings. The van der Waals surface area contributed by atoms with Crippen molar-refractivity contribution in [1.82, 2.24) is 4.90 Å². The standard InChI is InChI=1S/C30H25ClFN3O3/c31-26-7-3-1-5-24(26)28-15-13-23(38-28)14-16-29(36)33-21-9-11-22(12-10-21)34-17-19-35(20-18-34)30(37)25-6-2-4-8-27(25)32/h1-16H,17-20H2,(H,33,36)/b16-14+. The molecule has 0 saturated carbocycles. The second kappa shape index (κ2) is 11.4. The van der Waals surface area contributed by atoms with Crippen LogP contribution >= 0.6 is 11.6 Å². The van der Waals surface area contributed by atoms with E-state index >= 15 is 0 Å². The average molecular weight is 530 g/mol. The topological polar surface area (TPSA) is 65.8 Å². The van der Waals surface area contributed by atoms with Crippen LogP contribution in [0.25, 0.3) is 17.4 Å². The van der Waals surface area contributed by atoms with Gasteiger partial charge in [0.25, 0.3) is 5.91 Å². The molecule has 1 fully saturated rings. The molecule has 1 aliphatic heterocycles.